The number of hydrogen-bond donors (Lipinski definition) is 2. The van der Waals surface area contributed by atoms with E-state index >= 15 is 0 Å². The van der Waals surface area contributed by atoms with E-state index in [1.165, 1.54) is 11.9 Å². The molecule has 0 aromatic carbocycles. The smallest absolute Gasteiger partial charge is 0.130 e. The molecule has 0 spiro atoms. The molecule has 0 bridgehead atoms. The van der Waals surface area contributed by atoms with Gasteiger partial charge in [-0.15, -0.1) is 0 Å². The van der Waals surface area contributed by atoms with Gasteiger partial charge in [-0.2, -0.15) is 0 Å². The molecule has 0 saturated carbocycles. The van der Waals surface area contributed by atoms with Crippen molar-refractivity contribution < 1.29 is 5.11 Å². The molecule has 1 fully saturated rings. The molecule has 1 aromatic rings. The van der Waals surface area contributed by atoms with E-state index < -0.39 is 0 Å². The molecule has 1 aliphatic carbocycles. The Morgan fingerprint density at radius 3 is 3.00 bits per heavy atom. The summed E-state index contributed by atoms with van der Waals surface area (Å²) < 4.78 is 0. The highest BCUT2D eigenvalue weighted by molar-refractivity contribution is 5.74. The minimum Gasteiger partial charge on any atom is -0.391 e. The minimum atomic E-state index is -0.193. The summed E-state index contributed by atoms with van der Waals surface area (Å²) in [5, 5.41) is 9.97. The van der Waals surface area contributed by atoms with E-state index in [-0.39, 0.29) is 6.10 Å². The number of aromatic nitrogens is 2. The third-order valence-corrected chi connectivity index (χ3v) is 4.24. The van der Waals surface area contributed by atoms with Crippen molar-refractivity contribution >= 4 is 11.4 Å². The maximum atomic E-state index is 9.97. The Balaban J connectivity index is 1.72. The fourth-order valence-electron chi connectivity index (χ4n) is 3.08. The van der Waals surface area contributed by atoms with E-state index in [1.54, 1.807) is 0 Å². The number of likely N-dealkylation sites (tertiary alicyclic amines) is 1. The van der Waals surface area contributed by atoms with E-state index in [1.807, 2.05) is 0 Å². The molecular formula is C14H20N4O. The second-order valence-corrected chi connectivity index (χ2v) is 5.45. The third kappa shape index (κ3) is 2.24. The van der Waals surface area contributed by atoms with Gasteiger partial charge in [-0.1, -0.05) is 13.0 Å². The number of allylic oxidation sites excluding steroid dienone is 1. The highest BCUT2D eigenvalue weighted by atomic mass is 16.3. The average Bonchev–Trinajstić information content (AvgIpc) is 2.95. The van der Waals surface area contributed by atoms with Crippen LogP contribution in [-0.4, -0.2) is 45.7 Å². The molecule has 2 atom stereocenters. The van der Waals surface area contributed by atoms with Gasteiger partial charge in [0.05, 0.1) is 11.8 Å². The van der Waals surface area contributed by atoms with Gasteiger partial charge in [0.2, 0.25) is 0 Å². The first-order valence-corrected chi connectivity index (χ1v) is 6.88. The van der Waals surface area contributed by atoms with Gasteiger partial charge < -0.3 is 10.8 Å². The van der Waals surface area contributed by atoms with Crippen LogP contribution in [0.15, 0.2) is 12.4 Å². The number of anilines is 1. The zero-order valence-electron chi connectivity index (χ0n) is 11.2. The van der Waals surface area contributed by atoms with Crippen molar-refractivity contribution in [3.05, 3.63) is 23.7 Å². The molecule has 102 valence electrons. The molecule has 0 radical (unpaired) electrons. The Morgan fingerprint density at radius 2 is 2.26 bits per heavy atom. The van der Waals surface area contributed by atoms with Crippen molar-refractivity contribution in [2.75, 3.05) is 25.4 Å². The van der Waals surface area contributed by atoms with Crippen molar-refractivity contribution in [2.24, 2.45) is 5.92 Å². The highest BCUT2D eigenvalue weighted by Gasteiger charge is 2.31. The SMILES string of the molecule is CC[C@@H]1CN(CC2=CCc3c(N)ncnc32)C[C@@H]1O. The van der Waals surface area contributed by atoms with E-state index in [2.05, 4.69) is 27.9 Å². The van der Waals surface area contributed by atoms with Crippen molar-refractivity contribution in [1.82, 2.24) is 14.9 Å². The van der Waals surface area contributed by atoms with Gasteiger partial charge in [-0.05, 0) is 24.3 Å². The average molecular weight is 260 g/mol. The summed E-state index contributed by atoms with van der Waals surface area (Å²) in [6.45, 7) is 4.70. The first-order valence-electron chi connectivity index (χ1n) is 6.88. The third-order valence-electron chi connectivity index (χ3n) is 4.24. The van der Waals surface area contributed by atoms with E-state index in [0.29, 0.717) is 11.7 Å². The first kappa shape index (κ1) is 12.6. The lowest BCUT2D eigenvalue weighted by Gasteiger charge is -2.16. The van der Waals surface area contributed by atoms with Crippen LogP contribution in [0.5, 0.6) is 0 Å². The largest absolute Gasteiger partial charge is 0.391 e. The van der Waals surface area contributed by atoms with Crippen LogP contribution in [0.1, 0.15) is 24.6 Å². The molecule has 5 nitrogen and oxygen atoms in total. The van der Waals surface area contributed by atoms with Gasteiger partial charge in [0.25, 0.3) is 0 Å². The van der Waals surface area contributed by atoms with Crippen LogP contribution in [0.2, 0.25) is 0 Å². The molecule has 19 heavy (non-hydrogen) atoms. The summed E-state index contributed by atoms with van der Waals surface area (Å²) in [4.78, 5) is 10.7. The molecular weight excluding hydrogens is 240 g/mol. The van der Waals surface area contributed by atoms with Gasteiger partial charge in [-0.3, -0.25) is 4.90 Å². The number of nitrogens with zero attached hydrogens (tertiary/aromatic N) is 3. The fraction of sp³-hybridized carbons (Fsp3) is 0.571. The zero-order valence-corrected chi connectivity index (χ0v) is 11.2. The standard InChI is InChI=1S/C14H20N4O/c1-2-9-5-18(7-12(9)19)6-10-3-4-11-13(10)16-8-17-14(11)15/h3,8-9,12,19H,2,4-7H2,1H3,(H2,15,16,17)/t9-,12+/m1/s1. The van der Waals surface area contributed by atoms with Gasteiger partial charge in [0.1, 0.15) is 12.1 Å². The van der Waals surface area contributed by atoms with Gasteiger partial charge in [0, 0.05) is 25.2 Å². The molecule has 5 heteroatoms. The molecule has 2 aliphatic rings. The van der Waals surface area contributed by atoms with Crippen LogP contribution in [0.25, 0.3) is 5.57 Å². The Hall–Kier alpha value is -1.46. The first-order chi connectivity index (χ1) is 9.19. The molecule has 2 heterocycles. The predicted octanol–water partition coefficient (Wildman–Crippen LogP) is 0.701. The maximum absolute atomic E-state index is 9.97. The van der Waals surface area contributed by atoms with Crippen molar-refractivity contribution in [1.29, 1.82) is 0 Å². The van der Waals surface area contributed by atoms with Crippen LogP contribution in [0.3, 0.4) is 0 Å². The molecule has 1 aliphatic heterocycles. The minimum absolute atomic E-state index is 0.193. The number of fused-ring (bicyclic) bond motifs is 1. The second kappa shape index (κ2) is 4.90. The highest BCUT2D eigenvalue weighted by Crippen LogP contribution is 2.30. The van der Waals surface area contributed by atoms with Crippen molar-refractivity contribution in [2.45, 2.75) is 25.9 Å². The Bertz CT molecular complexity index is 514. The topological polar surface area (TPSA) is 75.3 Å². The monoisotopic (exact) mass is 260 g/mol. The van der Waals surface area contributed by atoms with E-state index in [0.717, 1.165) is 43.7 Å². The van der Waals surface area contributed by atoms with Crippen LogP contribution >= 0.6 is 0 Å². The molecule has 0 amide bonds. The van der Waals surface area contributed by atoms with Gasteiger partial charge in [-0.25, -0.2) is 9.97 Å². The second-order valence-electron chi connectivity index (χ2n) is 5.45. The lowest BCUT2D eigenvalue weighted by Crippen LogP contribution is -2.24. The summed E-state index contributed by atoms with van der Waals surface area (Å²) >= 11 is 0. The summed E-state index contributed by atoms with van der Waals surface area (Å²) in [7, 11) is 0. The van der Waals surface area contributed by atoms with E-state index in [9.17, 15) is 5.11 Å². The number of hydrogen-bond acceptors (Lipinski definition) is 5. The van der Waals surface area contributed by atoms with Gasteiger partial charge >= 0.3 is 0 Å². The van der Waals surface area contributed by atoms with E-state index in [4.69, 9.17) is 5.73 Å². The Labute approximate surface area is 113 Å². The lowest BCUT2D eigenvalue weighted by molar-refractivity contribution is 0.141. The normalized spacial score (nSPS) is 26.5. The summed E-state index contributed by atoms with van der Waals surface area (Å²) in [5.74, 6) is 0.987. The van der Waals surface area contributed by atoms with Crippen LogP contribution in [-0.2, 0) is 6.42 Å². The molecule has 1 aromatic heterocycles. The summed E-state index contributed by atoms with van der Waals surface area (Å²) in [5.41, 5.74) is 9.12. The predicted molar refractivity (Wildman–Crippen MR) is 74.4 cm³/mol. The number of β-amino-alcohol motifs (C(OH)–C–C–N with tert-alkyl or cyclic N) is 1. The molecule has 0 unspecified atom stereocenters. The number of rotatable bonds is 3. The van der Waals surface area contributed by atoms with Crippen LogP contribution < -0.4 is 5.73 Å². The molecule has 3 rings (SSSR count). The van der Waals surface area contributed by atoms with Gasteiger partial charge in [0.15, 0.2) is 0 Å². The fourth-order valence-corrected chi connectivity index (χ4v) is 3.08. The quantitative estimate of drug-likeness (QED) is 0.837. The lowest BCUT2D eigenvalue weighted by atomic mass is 10.0. The Morgan fingerprint density at radius 1 is 1.42 bits per heavy atom. The maximum Gasteiger partial charge on any atom is 0.130 e. The van der Waals surface area contributed by atoms with Crippen molar-refractivity contribution in [3.63, 3.8) is 0 Å². The number of aliphatic hydroxyl groups is 1. The summed E-state index contributed by atoms with van der Waals surface area (Å²) in [6, 6.07) is 0. The number of aliphatic hydroxyl groups excluding tert-OH is 1. The molecule has 3 N–H and O–H groups in total. The van der Waals surface area contributed by atoms with Crippen LogP contribution in [0.4, 0.5) is 5.82 Å². The number of nitrogen functional groups attached to an aromatic ring is 1. The molecule has 1 saturated heterocycles. The van der Waals surface area contributed by atoms with Crippen LogP contribution in [0, 0.1) is 5.92 Å². The summed E-state index contributed by atoms with van der Waals surface area (Å²) in [6.07, 6.45) is 5.37. The number of nitrogens with two attached hydrogens (primary N) is 1. The zero-order chi connectivity index (χ0) is 13.4. The Kier molecular flexibility index (Phi) is 3.24. The van der Waals surface area contributed by atoms with Crippen molar-refractivity contribution in [3.8, 4) is 0 Å².